The number of ketones is 1. The number of hydrogen-bond donors (Lipinski definition) is 3. The lowest BCUT2D eigenvalue weighted by atomic mass is 10.00. The second kappa shape index (κ2) is 10.4. The number of Topliss-reactive ketones (excluding diaryl/α,β-unsaturated/α-hetero) is 1. The third kappa shape index (κ3) is 4.99. The van der Waals surface area contributed by atoms with Crippen molar-refractivity contribution in [2.24, 2.45) is 4.99 Å². The molecule has 3 N–H and O–H groups in total. The fourth-order valence-electron chi connectivity index (χ4n) is 5.51. The van der Waals surface area contributed by atoms with E-state index in [0.717, 1.165) is 29.7 Å². The summed E-state index contributed by atoms with van der Waals surface area (Å²) >= 11 is 0. The molecule has 2 aliphatic rings. The second-order valence-electron chi connectivity index (χ2n) is 10.3. The minimum Gasteiger partial charge on any atom is -0.494 e. The highest BCUT2D eigenvalue weighted by Crippen LogP contribution is 2.33. The highest BCUT2D eigenvalue weighted by molar-refractivity contribution is 6.22. The molecule has 2 aliphatic heterocycles. The van der Waals surface area contributed by atoms with Gasteiger partial charge in [0.15, 0.2) is 5.88 Å². The number of hydrogen-bond acceptors (Lipinski definition) is 6. The topological polar surface area (TPSA) is 126 Å². The van der Waals surface area contributed by atoms with Crippen molar-refractivity contribution in [2.75, 3.05) is 19.6 Å². The standard InChI is InChI=1S/C31H28N4O5/c36-24-7-4-12-34(17-24)18-27(37)35-15-21-8-10-23(13-22(21)16-35)32-29(19-5-2-1-3-6-19)28-25-11-9-20(31(39)40)14-26(25)33-30(28)38/h1-3,5-6,8-11,13-14,33,38H,4,7,12,15-18H2,(H,39,40). The van der Waals surface area contributed by atoms with E-state index in [1.54, 1.807) is 11.0 Å². The first-order valence-corrected chi connectivity index (χ1v) is 13.2. The number of carboxylic acids is 1. The number of amides is 1. The Bertz CT molecular complexity index is 1670. The van der Waals surface area contributed by atoms with Crippen LogP contribution in [0, 0.1) is 0 Å². The number of carbonyl (C=O) groups excluding carboxylic acids is 2. The lowest BCUT2D eigenvalue weighted by molar-refractivity contribution is -0.134. The minimum absolute atomic E-state index is 0.00497. The Kier molecular flexibility index (Phi) is 6.65. The van der Waals surface area contributed by atoms with Gasteiger partial charge in [-0.3, -0.25) is 14.5 Å². The van der Waals surface area contributed by atoms with Crippen LogP contribution >= 0.6 is 0 Å². The highest BCUT2D eigenvalue weighted by atomic mass is 16.4. The maximum absolute atomic E-state index is 13.0. The van der Waals surface area contributed by atoms with Crippen molar-refractivity contribution in [3.8, 4) is 5.88 Å². The van der Waals surface area contributed by atoms with Gasteiger partial charge in [0.2, 0.25) is 5.91 Å². The van der Waals surface area contributed by atoms with Crippen molar-refractivity contribution in [3.05, 3.63) is 94.5 Å². The molecule has 3 heterocycles. The average molecular weight is 537 g/mol. The van der Waals surface area contributed by atoms with Gasteiger partial charge < -0.3 is 20.1 Å². The SMILES string of the molecule is O=C1CCCN(CC(=O)N2Cc3ccc(N=C(c4ccccc4)c4c(O)[nH]c5cc(C(=O)O)ccc45)cc3C2)C1. The Morgan fingerprint density at radius 3 is 2.50 bits per heavy atom. The highest BCUT2D eigenvalue weighted by Gasteiger charge is 2.27. The van der Waals surface area contributed by atoms with Gasteiger partial charge >= 0.3 is 5.97 Å². The van der Waals surface area contributed by atoms with Crippen LogP contribution in [-0.4, -0.2) is 68.0 Å². The quantitative estimate of drug-likeness (QED) is 0.316. The minimum atomic E-state index is -1.05. The molecule has 9 heteroatoms. The predicted molar refractivity (Wildman–Crippen MR) is 150 cm³/mol. The molecule has 1 saturated heterocycles. The van der Waals surface area contributed by atoms with E-state index in [-0.39, 0.29) is 29.7 Å². The van der Waals surface area contributed by atoms with Gasteiger partial charge in [0.1, 0.15) is 5.78 Å². The van der Waals surface area contributed by atoms with Crippen molar-refractivity contribution in [1.82, 2.24) is 14.8 Å². The molecule has 0 saturated carbocycles. The Labute approximate surface area is 230 Å². The predicted octanol–water partition coefficient (Wildman–Crippen LogP) is 4.25. The number of benzene rings is 3. The van der Waals surface area contributed by atoms with Crippen LogP contribution in [0.15, 0.2) is 71.7 Å². The Morgan fingerprint density at radius 2 is 1.73 bits per heavy atom. The van der Waals surface area contributed by atoms with E-state index in [1.807, 2.05) is 53.4 Å². The molecule has 0 aliphatic carbocycles. The van der Waals surface area contributed by atoms with Gasteiger partial charge in [-0.2, -0.15) is 0 Å². The van der Waals surface area contributed by atoms with Gasteiger partial charge in [-0.25, -0.2) is 9.79 Å². The zero-order valence-corrected chi connectivity index (χ0v) is 21.8. The van der Waals surface area contributed by atoms with Crippen LogP contribution in [0.1, 0.15) is 45.5 Å². The molecule has 1 fully saturated rings. The van der Waals surface area contributed by atoms with E-state index < -0.39 is 5.97 Å². The summed E-state index contributed by atoms with van der Waals surface area (Å²) in [5.74, 6) is -0.965. The van der Waals surface area contributed by atoms with Crippen LogP contribution in [0.5, 0.6) is 5.88 Å². The smallest absolute Gasteiger partial charge is 0.335 e. The van der Waals surface area contributed by atoms with E-state index in [2.05, 4.69) is 4.98 Å². The molecule has 1 aromatic heterocycles. The molecular formula is C31H28N4O5. The zero-order valence-electron chi connectivity index (χ0n) is 21.8. The summed E-state index contributed by atoms with van der Waals surface area (Å²) in [7, 11) is 0. The summed E-state index contributed by atoms with van der Waals surface area (Å²) in [5.41, 5.74) is 5.14. The van der Waals surface area contributed by atoms with Crippen LogP contribution in [0.3, 0.4) is 0 Å². The van der Waals surface area contributed by atoms with Gasteiger partial charge in [0.25, 0.3) is 0 Å². The molecule has 6 rings (SSSR count). The van der Waals surface area contributed by atoms with Gasteiger partial charge in [-0.15, -0.1) is 0 Å². The molecule has 9 nitrogen and oxygen atoms in total. The normalized spacial score (nSPS) is 15.9. The maximum atomic E-state index is 13.0. The Morgan fingerprint density at radius 1 is 0.925 bits per heavy atom. The van der Waals surface area contributed by atoms with Crippen LogP contribution < -0.4 is 0 Å². The molecule has 1 amide bonds. The van der Waals surface area contributed by atoms with Crippen molar-refractivity contribution < 1.29 is 24.6 Å². The average Bonchev–Trinajstić information content (AvgIpc) is 3.52. The molecule has 0 bridgehead atoms. The summed E-state index contributed by atoms with van der Waals surface area (Å²) in [4.78, 5) is 47.8. The Hall–Kier alpha value is -4.76. The number of aromatic hydroxyl groups is 1. The first-order chi connectivity index (χ1) is 19.4. The lowest BCUT2D eigenvalue weighted by Gasteiger charge is -2.27. The molecule has 4 aromatic rings. The summed E-state index contributed by atoms with van der Waals surface area (Å²) in [5, 5.41) is 21.0. The van der Waals surface area contributed by atoms with Crippen LogP contribution in [0.2, 0.25) is 0 Å². The monoisotopic (exact) mass is 536 g/mol. The van der Waals surface area contributed by atoms with Gasteiger partial charge in [0, 0.05) is 36.0 Å². The summed E-state index contributed by atoms with van der Waals surface area (Å²) < 4.78 is 0. The summed E-state index contributed by atoms with van der Waals surface area (Å²) in [6, 6.07) is 20.0. The number of likely N-dealkylation sites (tertiary alicyclic amines) is 1. The first-order valence-electron chi connectivity index (χ1n) is 13.2. The molecule has 40 heavy (non-hydrogen) atoms. The number of aromatic carboxylic acids is 1. The van der Waals surface area contributed by atoms with E-state index in [4.69, 9.17) is 4.99 Å². The number of piperidine rings is 1. The largest absolute Gasteiger partial charge is 0.494 e. The number of nitrogens with one attached hydrogen (secondary N) is 1. The first kappa shape index (κ1) is 25.5. The van der Waals surface area contributed by atoms with E-state index in [1.165, 1.54) is 12.1 Å². The third-order valence-corrected chi connectivity index (χ3v) is 7.50. The van der Waals surface area contributed by atoms with Gasteiger partial charge in [0.05, 0.1) is 35.6 Å². The molecule has 0 unspecified atom stereocenters. The van der Waals surface area contributed by atoms with Crippen molar-refractivity contribution >= 4 is 40.0 Å². The molecular weight excluding hydrogens is 508 g/mol. The number of nitrogens with zero attached hydrogens (tertiary/aromatic N) is 3. The zero-order chi connectivity index (χ0) is 27.8. The summed E-state index contributed by atoms with van der Waals surface area (Å²) in [6.07, 6.45) is 1.39. The van der Waals surface area contributed by atoms with E-state index in [0.29, 0.717) is 53.9 Å². The fraction of sp³-hybridized carbons (Fsp3) is 0.226. The molecule has 0 spiro atoms. The second-order valence-corrected chi connectivity index (χ2v) is 10.3. The number of aromatic amines is 1. The number of rotatable bonds is 6. The maximum Gasteiger partial charge on any atom is 0.335 e. The van der Waals surface area contributed by atoms with E-state index in [9.17, 15) is 24.6 Å². The third-order valence-electron chi connectivity index (χ3n) is 7.50. The number of aliphatic imine (C=N–C) groups is 1. The van der Waals surface area contributed by atoms with Crippen LogP contribution in [-0.2, 0) is 22.7 Å². The molecule has 0 atom stereocenters. The van der Waals surface area contributed by atoms with Gasteiger partial charge in [-0.05, 0) is 48.4 Å². The lowest BCUT2D eigenvalue weighted by Crippen LogP contribution is -2.43. The van der Waals surface area contributed by atoms with Gasteiger partial charge in [-0.1, -0.05) is 42.5 Å². The van der Waals surface area contributed by atoms with Crippen molar-refractivity contribution in [1.29, 1.82) is 0 Å². The van der Waals surface area contributed by atoms with Crippen LogP contribution in [0.4, 0.5) is 5.69 Å². The summed E-state index contributed by atoms with van der Waals surface area (Å²) in [6.45, 7) is 2.33. The molecule has 0 radical (unpaired) electrons. The number of fused-ring (bicyclic) bond motifs is 2. The van der Waals surface area contributed by atoms with Crippen molar-refractivity contribution in [3.63, 3.8) is 0 Å². The number of aromatic nitrogens is 1. The van der Waals surface area contributed by atoms with Crippen LogP contribution in [0.25, 0.3) is 10.9 Å². The molecule has 202 valence electrons. The van der Waals surface area contributed by atoms with Crippen molar-refractivity contribution in [2.45, 2.75) is 25.9 Å². The Balaban J connectivity index is 1.32. The fourth-order valence-corrected chi connectivity index (χ4v) is 5.51. The number of carbonyl (C=O) groups is 3. The molecule has 3 aromatic carbocycles. The number of H-pyrrole nitrogens is 1. The number of carboxylic acid groups (broad SMARTS) is 1. The van der Waals surface area contributed by atoms with E-state index >= 15 is 0 Å².